The van der Waals surface area contributed by atoms with Crippen LogP contribution >= 0.6 is 23.4 Å². The molecule has 2 aliphatic rings. The van der Waals surface area contributed by atoms with E-state index in [1.165, 1.54) is 11.8 Å². The molecule has 3 aromatic carbocycles. The Hall–Kier alpha value is -2.76. The molecule has 0 unspecified atom stereocenters. The molecule has 0 radical (unpaired) electrons. The van der Waals surface area contributed by atoms with Crippen LogP contribution in [-0.4, -0.2) is 29.0 Å². The molecule has 5 rings (SSSR count). The summed E-state index contributed by atoms with van der Waals surface area (Å²) >= 11 is 7.93. The maximum atomic E-state index is 14.0. The molecule has 1 spiro atoms. The summed E-state index contributed by atoms with van der Waals surface area (Å²) in [4.78, 5) is 30.0. The summed E-state index contributed by atoms with van der Waals surface area (Å²) in [6, 6.07) is 22.9. The van der Waals surface area contributed by atoms with Crippen molar-refractivity contribution in [3.05, 3.63) is 100 Å². The van der Waals surface area contributed by atoms with Gasteiger partial charge in [0.2, 0.25) is 0 Å². The fourth-order valence-corrected chi connectivity index (χ4v) is 6.03. The van der Waals surface area contributed by atoms with Crippen molar-refractivity contribution in [2.75, 3.05) is 17.2 Å². The predicted molar refractivity (Wildman–Crippen MR) is 125 cm³/mol. The molecule has 0 saturated carbocycles. The number of anilines is 1. The van der Waals surface area contributed by atoms with Crippen molar-refractivity contribution >= 4 is 40.9 Å². The molecule has 1 saturated heterocycles. The van der Waals surface area contributed by atoms with Crippen LogP contribution < -0.4 is 4.90 Å². The Bertz CT molecular complexity index is 1180. The molecule has 0 bridgehead atoms. The number of para-hydroxylation sites is 1. The third kappa shape index (κ3) is 3.15. The number of rotatable bonds is 3. The Morgan fingerprint density at radius 1 is 1.03 bits per heavy atom. The van der Waals surface area contributed by atoms with Crippen LogP contribution in [-0.2, 0) is 16.2 Å². The molecule has 2 amide bonds. The molecule has 3 aromatic rings. The van der Waals surface area contributed by atoms with Crippen LogP contribution in [0.4, 0.5) is 5.69 Å². The van der Waals surface area contributed by atoms with E-state index in [0.717, 1.165) is 22.4 Å². The lowest BCUT2D eigenvalue weighted by atomic mass is 10.0. The monoisotopic (exact) mass is 448 g/mol. The van der Waals surface area contributed by atoms with E-state index in [9.17, 15) is 9.59 Å². The number of thioether (sulfide) groups is 1. The zero-order valence-electron chi connectivity index (χ0n) is 17.0. The summed E-state index contributed by atoms with van der Waals surface area (Å²) in [5.41, 5.74) is 4.28. The van der Waals surface area contributed by atoms with Gasteiger partial charge >= 0.3 is 0 Å². The molecule has 0 aromatic heterocycles. The molecule has 31 heavy (non-hydrogen) atoms. The first kappa shape index (κ1) is 20.2. The first-order valence-corrected chi connectivity index (χ1v) is 11.6. The smallest absolute Gasteiger partial charge is 0.268 e. The van der Waals surface area contributed by atoms with Gasteiger partial charge in [-0.1, -0.05) is 65.7 Å². The number of benzene rings is 3. The van der Waals surface area contributed by atoms with Gasteiger partial charge in [0.15, 0.2) is 4.87 Å². The summed E-state index contributed by atoms with van der Waals surface area (Å²) in [5.74, 6) is 0.502. The summed E-state index contributed by atoms with van der Waals surface area (Å²) in [6.45, 7) is 2.88. The number of hydrogen-bond donors (Lipinski definition) is 0. The standard InChI is InChI=1S/C25H21ClN2O2S/c1-17-10-12-18(13-11-17)23(29)28-14-15-31-25(28)20-7-3-5-9-22(20)27(24(25)30)16-19-6-2-4-8-21(19)26/h2-13H,14-16H2,1H3/t25-/m1/s1. The van der Waals surface area contributed by atoms with E-state index in [0.29, 0.717) is 29.4 Å². The van der Waals surface area contributed by atoms with Gasteiger partial charge in [0, 0.05) is 28.4 Å². The van der Waals surface area contributed by atoms with Gasteiger partial charge in [0.25, 0.3) is 11.8 Å². The van der Waals surface area contributed by atoms with Gasteiger partial charge in [-0.05, 0) is 36.8 Å². The second kappa shape index (κ2) is 7.74. The molecule has 2 heterocycles. The fourth-order valence-electron chi connectivity index (χ4n) is 4.37. The summed E-state index contributed by atoms with van der Waals surface area (Å²) < 4.78 is 0. The first-order valence-electron chi connectivity index (χ1n) is 10.2. The van der Waals surface area contributed by atoms with Gasteiger partial charge in [-0.2, -0.15) is 0 Å². The van der Waals surface area contributed by atoms with Crippen LogP contribution in [0.2, 0.25) is 5.02 Å². The molecule has 0 N–H and O–H groups in total. The number of carbonyl (C=O) groups excluding carboxylic acids is 2. The average Bonchev–Trinajstić information content (AvgIpc) is 3.32. The highest BCUT2D eigenvalue weighted by molar-refractivity contribution is 8.01. The molecule has 1 fully saturated rings. The zero-order chi connectivity index (χ0) is 21.6. The minimum atomic E-state index is -1.04. The van der Waals surface area contributed by atoms with Crippen molar-refractivity contribution in [2.45, 2.75) is 18.3 Å². The van der Waals surface area contributed by atoms with E-state index in [-0.39, 0.29) is 11.8 Å². The fraction of sp³-hybridized carbons (Fsp3) is 0.200. The van der Waals surface area contributed by atoms with E-state index >= 15 is 0 Å². The second-order valence-corrected chi connectivity index (χ2v) is 9.51. The Labute approximate surface area is 190 Å². The zero-order valence-corrected chi connectivity index (χ0v) is 18.6. The van der Waals surface area contributed by atoms with Crippen molar-refractivity contribution in [3.8, 4) is 0 Å². The maximum absolute atomic E-state index is 14.0. The summed E-state index contributed by atoms with van der Waals surface area (Å²) in [5, 5.41) is 0.625. The van der Waals surface area contributed by atoms with E-state index in [4.69, 9.17) is 11.6 Å². The predicted octanol–water partition coefficient (Wildman–Crippen LogP) is 5.24. The minimum Gasteiger partial charge on any atom is -0.311 e. The summed E-state index contributed by atoms with van der Waals surface area (Å²) in [6.07, 6.45) is 0. The highest BCUT2D eigenvalue weighted by Gasteiger charge is 2.59. The number of amides is 2. The molecule has 0 aliphatic carbocycles. The van der Waals surface area contributed by atoms with Crippen LogP contribution in [0.1, 0.15) is 27.0 Å². The lowest BCUT2D eigenvalue weighted by molar-refractivity contribution is -0.123. The van der Waals surface area contributed by atoms with E-state index < -0.39 is 4.87 Å². The Morgan fingerprint density at radius 3 is 2.52 bits per heavy atom. The molecule has 6 heteroatoms. The SMILES string of the molecule is Cc1ccc(C(=O)N2CCS[C@]23C(=O)N(Cc2ccccc2Cl)c2ccccc23)cc1. The van der Waals surface area contributed by atoms with Gasteiger partial charge in [-0.15, -0.1) is 11.8 Å². The van der Waals surface area contributed by atoms with Gasteiger partial charge in [-0.3, -0.25) is 9.59 Å². The average molecular weight is 449 g/mol. The normalized spacial score (nSPS) is 19.9. The number of carbonyl (C=O) groups is 2. The van der Waals surface area contributed by atoms with Gasteiger partial charge in [0.1, 0.15) is 0 Å². The van der Waals surface area contributed by atoms with Crippen molar-refractivity contribution in [1.29, 1.82) is 0 Å². The Balaban J connectivity index is 1.58. The molecule has 156 valence electrons. The molecule has 1 atom stereocenters. The van der Waals surface area contributed by atoms with Crippen molar-refractivity contribution in [1.82, 2.24) is 4.90 Å². The largest absolute Gasteiger partial charge is 0.311 e. The minimum absolute atomic E-state index is 0.0865. The topological polar surface area (TPSA) is 40.6 Å². The molecular formula is C25H21ClN2O2S. The highest BCUT2D eigenvalue weighted by atomic mass is 35.5. The van der Waals surface area contributed by atoms with Gasteiger partial charge in [-0.25, -0.2) is 0 Å². The highest BCUT2D eigenvalue weighted by Crippen LogP contribution is 2.54. The van der Waals surface area contributed by atoms with Crippen LogP contribution in [0.15, 0.2) is 72.8 Å². The quantitative estimate of drug-likeness (QED) is 0.550. The van der Waals surface area contributed by atoms with Crippen molar-refractivity contribution in [3.63, 3.8) is 0 Å². The Morgan fingerprint density at radius 2 is 1.74 bits per heavy atom. The lowest BCUT2D eigenvalue weighted by Gasteiger charge is -2.33. The number of halogens is 1. The van der Waals surface area contributed by atoms with E-state index in [1.807, 2.05) is 79.7 Å². The van der Waals surface area contributed by atoms with Crippen molar-refractivity contribution < 1.29 is 9.59 Å². The van der Waals surface area contributed by atoms with E-state index in [2.05, 4.69) is 0 Å². The van der Waals surface area contributed by atoms with E-state index in [1.54, 1.807) is 9.80 Å². The number of hydrogen-bond acceptors (Lipinski definition) is 3. The van der Waals surface area contributed by atoms with Crippen molar-refractivity contribution in [2.24, 2.45) is 0 Å². The number of fused-ring (bicyclic) bond motifs is 2. The van der Waals surface area contributed by atoms with Gasteiger partial charge in [0.05, 0.1) is 12.2 Å². The van der Waals surface area contributed by atoms with Crippen LogP contribution in [0.5, 0.6) is 0 Å². The number of aryl methyl sites for hydroxylation is 1. The molecular weight excluding hydrogens is 428 g/mol. The lowest BCUT2D eigenvalue weighted by Crippen LogP contribution is -2.50. The third-order valence-corrected chi connectivity index (χ3v) is 7.72. The second-order valence-electron chi connectivity index (χ2n) is 7.82. The third-order valence-electron chi connectivity index (χ3n) is 5.93. The molecule has 4 nitrogen and oxygen atoms in total. The maximum Gasteiger partial charge on any atom is 0.268 e. The number of nitrogens with zero attached hydrogens (tertiary/aromatic N) is 2. The summed E-state index contributed by atoms with van der Waals surface area (Å²) in [7, 11) is 0. The van der Waals surface area contributed by atoms with Gasteiger partial charge < -0.3 is 9.80 Å². The Kier molecular flexibility index (Phi) is 5.03. The first-order chi connectivity index (χ1) is 15.0. The van der Waals surface area contributed by atoms with Crippen LogP contribution in [0, 0.1) is 6.92 Å². The molecule has 2 aliphatic heterocycles. The van der Waals surface area contributed by atoms with Crippen LogP contribution in [0.3, 0.4) is 0 Å². The van der Waals surface area contributed by atoms with Crippen LogP contribution in [0.25, 0.3) is 0 Å².